The molecule has 0 saturated heterocycles. The molecule has 2 rings (SSSR count). The van der Waals surface area contributed by atoms with Crippen molar-refractivity contribution in [2.24, 2.45) is 0 Å². The average Bonchev–Trinajstić information content (AvgIpc) is 2.64. The number of rotatable bonds is 8. The molecule has 0 spiro atoms. The van der Waals surface area contributed by atoms with Crippen LogP contribution in [-0.4, -0.2) is 26.0 Å². The molecule has 6 heteroatoms. The maximum Gasteiger partial charge on any atom is 0.221 e. The monoisotopic (exact) mass is 356 g/mol. The number of benzene rings is 2. The SMILES string of the molecule is COc1ccc(OC)c(CCC(=O)NCc2cccc(NC(C)=O)c2)c1. The van der Waals surface area contributed by atoms with Crippen molar-refractivity contribution in [1.82, 2.24) is 5.32 Å². The standard InChI is InChI=1S/C20H24N2O4/c1-14(23)22-17-6-4-5-15(11-17)13-21-20(24)10-7-16-12-18(25-2)8-9-19(16)26-3/h4-6,8-9,11-12H,7,10,13H2,1-3H3,(H,21,24)(H,22,23). The predicted octanol–water partition coefficient (Wildman–Crippen LogP) is 2.91. The Kier molecular flexibility index (Phi) is 7.02. The number of amides is 2. The molecule has 0 atom stereocenters. The number of anilines is 1. The smallest absolute Gasteiger partial charge is 0.221 e. The summed E-state index contributed by atoms with van der Waals surface area (Å²) in [6, 6.07) is 12.9. The van der Waals surface area contributed by atoms with Gasteiger partial charge in [0, 0.05) is 25.6 Å². The summed E-state index contributed by atoms with van der Waals surface area (Å²) >= 11 is 0. The van der Waals surface area contributed by atoms with Crippen LogP contribution in [0.4, 0.5) is 5.69 Å². The molecular weight excluding hydrogens is 332 g/mol. The summed E-state index contributed by atoms with van der Waals surface area (Å²) in [7, 11) is 3.21. The molecule has 0 aliphatic rings. The second kappa shape index (κ2) is 9.46. The molecule has 2 amide bonds. The first kappa shape index (κ1) is 19.3. The minimum absolute atomic E-state index is 0.0557. The average molecular weight is 356 g/mol. The lowest BCUT2D eigenvalue weighted by Gasteiger charge is -2.11. The predicted molar refractivity (Wildman–Crippen MR) is 100 cm³/mol. The van der Waals surface area contributed by atoms with Gasteiger partial charge in [-0.2, -0.15) is 0 Å². The molecule has 0 unspecified atom stereocenters. The number of nitrogens with one attached hydrogen (secondary N) is 2. The minimum Gasteiger partial charge on any atom is -0.497 e. The molecule has 0 aliphatic carbocycles. The number of methoxy groups -OCH3 is 2. The lowest BCUT2D eigenvalue weighted by molar-refractivity contribution is -0.121. The lowest BCUT2D eigenvalue weighted by atomic mass is 10.1. The van der Waals surface area contributed by atoms with Crippen LogP contribution in [0.2, 0.25) is 0 Å². The van der Waals surface area contributed by atoms with Crippen molar-refractivity contribution in [3.05, 3.63) is 53.6 Å². The summed E-state index contributed by atoms with van der Waals surface area (Å²) in [5.41, 5.74) is 2.56. The summed E-state index contributed by atoms with van der Waals surface area (Å²) in [5.74, 6) is 1.29. The van der Waals surface area contributed by atoms with Crippen LogP contribution in [0, 0.1) is 0 Å². The molecule has 0 heterocycles. The van der Waals surface area contributed by atoms with E-state index in [-0.39, 0.29) is 11.8 Å². The highest BCUT2D eigenvalue weighted by Gasteiger charge is 2.08. The van der Waals surface area contributed by atoms with Crippen molar-refractivity contribution in [3.63, 3.8) is 0 Å². The van der Waals surface area contributed by atoms with Crippen molar-refractivity contribution in [1.29, 1.82) is 0 Å². The Balaban J connectivity index is 1.89. The van der Waals surface area contributed by atoms with E-state index in [1.54, 1.807) is 14.2 Å². The van der Waals surface area contributed by atoms with E-state index in [1.807, 2.05) is 42.5 Å². The number of hydrogen-bond donors (Lipinski definition) is 2. The largest absolute Gasteiger partial charge is 0.497 e. The Morgan fingerprint density at radius 1 is 1.04 bits per heavy atom. The first-order valence-electron chi connectivity index (χ1n) is 8.36. The van der Waals surface area contributed by atoms with Crippen molar-refractivity contribution in [2.45, 2.75) is 26.3 Å². The first-order valence-corrected chi connectivity index (χ1v) is 8.36. The van der Waals surface area contributed by atoms with Crippen LogP contribution < -0.4 is 20.1 Å². The van der Waals surface area contributed by atoms with E-state index < -0.39 is 0 Å². The number of carbonyl (C=O) groups excluding carboxylic acids is 2. The zero-order chi connectivity index (χ0) is 18.9. The van der Waals surface area contributed by atoms with Crippen LogP contribution in [0.5, 0.6) is 11.5 Å². The maximum atomic E-state index is 12.2. The highest BCUT2D eigenvalue weighted by Crippen LogP contribution is 2.25. The van der Waals surface area contributed by atoms with Crippen molar-refractivity contribution in [3.8, 4) is 11.5 Å². The summed E-state index contributed by atoms with van der Waals surface area (Å²) in [6.45, 7) is 1.86. The molecule has 0 aliphatic heterocycles. The Bertz CT molecular complexity index is 774. The fraction of sp³-hybridized carbons (Fsp3) is 0.300. The highest BCUT2D eigenvalue weighted by molar-refractivity contribution is 5.88. The summed E-state index contributed by atoms with van der Waals surface area (Å²) in [5, 5.41) is 5.62. The van der Waals surface area contributed by atoms with Gasteiger partial charge in [0.2, 0.25) is 11.8 Å². The van der Waals surface area contributed by atoms with Crippen LogP contribution in [0.3, 0.4) is 0 Å². The second-order valence-corrected chi connectivity index (χ2v) is 5.84. The van der Waals surface area contributed by atoms with E-state index in [9.17, 15) is 9.59 Å². The molecule has 0 saturated carbocycles. The molecule has 2 N–H and O–H groups in total. The van der Waals surface area contributed by atoms with Gasteiger partial charge in [0.1, 0.15) is 11.5 Å². The third kappa shape index (κ3) is 5.81. The second-order valence-electron chi connectivity index (χ2n) is 5.84. The molecule has 0 bridgehead atoms. The quantitative estimate of drug-likeness (QED) is 0.762. The molecule has 2 aromatic rings. The Morgan fingerprint density at radius 2 is 1.85 bits per heavy atom. The van der Waals surface area contributed by atoms with Gasteiger partial charge < -0.3 is 20.1 Å². The number of aryl methyl sites for hydroxylation is 1. The van der Waals surface area contributed by atoms with Crippen LogP contribution in [-0.2, 0) is 22.6 Å². The minimum atomic E-state index is -0.126. The zero-order valence-corrected chi connectivity index (χ0v) is 15.3. The van der Waals surface area contributed by atoms with Crippen molar-refractivity contribution >= 4 is 17.5 Å². The van der Waals surface area contributed by atoms with Crippen molar-refractivity contribution in [2.75, 3.05) is 19.5 Å². The van der Waals surface area contributed by atoms with E-state index in [0.29, 0.717) is 25.1 Å². The van der Waals surface area contributed by atoms with Gasteiger partial charge in [0.15, 0.2) is 0 Å². The van der Waals surface area contributed by atoms with E-state index in [1.165, 1.54) is 6.92 Å². The zero-order valence-electron chi connectivity index (χ0n) is 15.3. The molecular formula is C20H24N2O4. The number of ether oxygens (including phenoxy) is 2. The molecule has 0 fully saturated rings. The molecule has 0 radical (unpaired) electrons. The van der Waals surface area contributed by atoms with Gasteiger partial charge in [0.25, 0.3) is 0 Å². The Hall–Kier alpha value is -3.02. The maximum absolute atomic E-state index is 12.2. The molecule has 138 valence electrons. The van der Waals surface area contributed by atoms with E-state index in [2.05, 4.69) is 10.6 Å². The summed E-state index contributed by atoms with van der Waals surface area (Å²) in [6.07, 6.45) is 0.896. The Morgan fingerprint density at radius 3 is 2.54 bits per heavy atom. The van der Waals surface area contributed by atoms with E-state index >= 15 is 0 Å². The van der Waals surface area contributed by atoms with E-state index in [4.69, 9.17) is 9.47 Å². The molecule has 2 aromatic carbocycles. The molecule has 0 aromatic heterocycles. The van der Waals surface area contributed by atoms with E-state index in [0.717, 1.165) is 22.6 Å². The third-order valence-corrected chi connectivity index (χ3v) is 3.85. The summed E-state index contributed by atoms with van der Waals surface area (Å²) in [4.78, 5) is 23.3. The van der Waals surface area contributed by atoms with Crippen molar-refractivity contribution < 1.29 is 19.1 Å². The van der Waals surface area contributed by atoms with Gasteiger partial charge in [-0.25, -0.2) is 0 Å². The third-order valence-electron chi connectivity index (χ3n) is 3.85. The van der Waals surface area contributed by atoms with Gasteiger partial charge >= 0.3 is 0 Å². The summed E-state index contributed by atoms with van der Waals surface area (Å²) < 4.78 is 10.5. The highest BCUT2D eigenvalue weighted by atomic mass is 16.5. The fourth-order valence-electron chi connectivity index (χ4n) is 2.58. The fourth-order valence-corrected chi connectivity index (χ4v) is 2.58. The lowest BCUT2D eigenvalue weighted by Crippen LogP contribution is -2.23. The molecule has 6 nitrogen and oxygen atoms in total. The van der Waals surface area contributed by atoms with Gasteiger partial charge in [-0.1, -0.05) is 12.1 Å². The first-order chi connectivity index (χ1) is 12.5. The number of hydrogen-bond acceptors (Lipinski definition) is 4. The Labute approximate surface area is 153 Å². The normalized spacial score (nSPS) is 10.1. The van der Waals surface area contributed by atoms with Crippen LogP contribution in [0.15, 0.2) is 42.5 Å². The van der Waals surface area contributed by atoms with Gasteiger partial charge in [-0.15, -0.1) is 0 Å². The van der Waals surface area contributed by atoms with Crippen LogP contribution in [0.25, 0.3) is 0 Å². The van der Waals surface area contributed by atoms with Gasteiger partial charge in [-0.3, -0.25) is 9.59 Å². The van der Waals surface area contributed by atoms with Crippen LogP contribution in [0.1, 0.15) is 24.5 Å². The van der Waals surface area contributed by atoms with Gasteiger partial charge in [0.05, 0.1) is 14.2 Å². The number of carbonyl (C=O) groups is 2. The van der Waals surface area contributed by atoms with Crippen LogP contribution >= 0.6 is 0 Å². The van der Waals surface area contributed by atoms with Gasteiger partial charge in [-0.05, 0) is 47.9 Å². The topological polar surface area (TPSA) is 76.7 Å². The molecule has 26 heavy (non-hydrogen) atoms.